The van der Waals surface area contributed by atoms with Crippen LogP contribution in [0.1, 0.15) is 15.9 Å². The second kappa shape index (κ2) is 9.90. The number of ether oxygens (including phenoxy) is 3. The monoisotopic (exact) mass is 454 g/mol. The van der Waals surface area contributed by atoms with E-state index in [1.54, 1.807) is 36.7 Å². The molecule has 1 fully saturated rings. The Bertz CT molecular complexity index is 1160. The van der Waals surface area contributed by atoms with Gasteiger partial charge in [-0.1, -0.05) is 18.2 Å². The molecule has 1 aliphatic rings. The summed E-state index contributed by atoms with van der Waals surface area (Å²) >= 11 is 0. The Kier molecular flexibility index (Phi) is 6.79. The van der Waals surface area contributed by atoms with E-state index in [0.717, 1.165) is 0 Å². The largest absolute Gasteiger partial charge is 0.457 e. The molecule has 1 aliphatic heterocycles. The van der Waals surface area contributed by atoms with Gasteiger partial charge in [0.1, 0.15) is 18.1 Å². The van der Waals surface area contributed by atoms with Crippen molar-refractivity contribution < 1.29 is 27.4 Å². The summed E-state index contributed by atoms with van der Waals surface area (Å²) in [6, 6.07) is 16.5. The number of para-hydroxylation sites is 1. The van der Waals surface area contributed by atoms with Gasteiger partial charge in [0.05, 0.1) is 29.9 Å². The van der Waals surface area contributed by atoms with Gasteiger partial charge in [0.2, 0.25) is 10.0 Å². The molecular formula is C23H22N2O6S. The summed E-state index contributed by atoms with van der Waals surface area (Å²) in [5, 5.41) is 0. The highest BCUT2D eigenvalue weighted by atomic mass is 32.2. The number of rotatable bonds is 7. The number of hydrogen-bond donors (Lipinski definition) is 0. The van der Waals surface area contributed by atoms with Crippen molar-refractivity contribution in [1.82, 2.24) is 9.29 Å². The first kappa shape index (κ1) is 21.9. The van der Waals surface area contributed by atoms with Crippen molar-refractivity contribution >= 4 is 16.0 Å². The zero-order valence-corrected chi connectivity index (χ0v) is 18.0. The molecule has 0 N–H and O–H groups in total. The van der Waals surface area contributed by atoms with Gasteiger partial charge in [-0.15, -0.1) is 0 Å². The molecule has 0 saturated carbocycles. The number of aromatic nitrogens is 1. The number of carbonyl (C=O) groups is 1. The maximum absolute atomic E-state index is 12.7. The molecule has 3 aromatic rings. The fourth-order valence-corrected chi connectivity index (χ4v) is 4.59. The minimum atomic E-state index is -3.62. The average Bonchev–Trinajstić information content (AvgIpc) is 2.84. The van der Waals surface area contributed by atoms with Crippen molar-refractivity contribution in [2.24, 2.45) is 0 Å². The molecule has 0 bridgehead atoms. The van der Waals surface area contributed by atoms with Crippen LogP contribution < -0.4 is 4.74 Å². The van der Waals surface area contributed by atoms with E-state index in [2.05, 4.69) is 4.98 Å². The third-order valence-electron chi connectivity index (χ3n) is 4.89. The van der Waals surface area contributed by atoms with Crippen LogP contribution in [0.4, 0.5) is 0 Å². The lowest BCUT2D eigenvalue weighted by molar-refractivity contribution is 0.0470. The van der Waals surface area contributed by atoms with E-state index in [9.17, 15) is 13.2 Å². The molecule has 0 unspecified atom stereocenters. The van der Waals surface area contributed by atoms with E-state index in [0.29, 0.717) is 43.4 Å². The lowest BCUT2D eigenvalue weighted by Crippen LogP contribution is -2.40. The molecule has 0 spiro atoms. The Hall–Kier alpha value is -3.27. The number of hydrogen-bond acceptors (Lipinski definition) is 7. The number of nitrogens with zero attached hydrogens (tertiary/aromatic N) is 2. The first-order valence-electron chi connectivity index (χ1n) is 10.0. The number of pyridine rings is 1. The van der Waals surface area contributed by atoms with E-state index in [1.807, 2.05) is 12.1 Å². The molecule has 32 heavy (non-hydrogen) atoms. The van der Waals surface area contributed by atoms with Crippen molar-refractivity contribution in [2.45, 2.75) is 11.5 Å². The van der Waals surface area contributed by atoms with Crippen LogP contribution in [0, 0.1) is 0 Å². The molecule has 1 saturated heterocycles. The lowest BCUT2D eigenvalue weighted by atomic mass is 10.2. The van der Waals surface area contributed by atoms with Crippen LogP contribution in [0.15, 0.2) is 78.0 Å². The lowest BCUT2D eigenvalue weighted by Gasteiger charge is -2.26. The highest BCUT2D eigenvalue weighted by molar-refractivity contribution is 7.89. The highest BCUT2D eigenvalue weighted by Crippen LogP contribution is 2.25. The van der Waals surface area contributed by atoms with Gasteiger partial charge in [-0.3, -0.25) is 4.98 Å². The van der Waals surface area contributed by atoms with Crippen molar-refractivity contribution in [3.8, 4) is 11.5 Å². The highest BCUT2D eigenvalue weighted by Gasteiger charge is 2.26. The van der Waals surface area contributed by atoms with E-state index >= 15 is 0 Å². The first-order valence-corrected chi connectivity index (χ1v) is 11.5. The Morgan fingerprint density at radius 2 is 1.75 bits per heavy atom. The molecule has 2 aromatic carbocycles. The van der Waals surface area contributed by atoms with Gasteiger partial charge >= 0.3 is 5.97 Å². The molecule has 2 heterocycles. The van der Waals surface area contributed by atoms with Crippen molar-refractivity contribution in [3.05, 3.63) is 84.2 Å². The summed E-state index contributed by atoms with van der Waals surface area (Å²) in [7, 11) is -3.62. The molecule has 0 radical (unpaired) electrons. The maximum atomic E-state index is 12.7. The number of carbonyl (C=O) groups excluding carboxylic acids is 1. The van der Waals surface area contributed by atoms with E-state index in [4.69, 9.17) is 14.2 Å². The van der Waals surface area contributed by atoms with E-state index < -0.39 is 16.0 Å². The van der Waals surface area contributed by atoms with Gasteiger partial charge in [0.25, 0.3) is 0 Å². The predicted octanol–water partition coefficient (Wildman–Crippen LogP) is 3.25. The summed E-state index contributed by atoms with van der Waals surface area (Å²) in [5.74, 6) is 0.570. The quantitative estimate of drug-likeness (QED) is 0.506. The summed E-state index contributed by atoms with van der Waals surface area (Å²) in [6.45, 7) is 1.37. The van der Waals surface area contributed by atoms with Gasteiger partial charge in [-0.05, 0) is 42.5 Å². The number of morpholine rings is 1. The second-order valence-corrected chi connectivity index (χ2v) is 8.95. The van der Waals surface area contributed by atoms with Gasteiger partial charge in [0.15, 0.2) is 0 Å². The Morgan fingerprint density at radius 1 is 1.00 bits per heavy atom. The molecule has 9 heteroatoms. The first-order chi connectivity index (χ1) is 15.5. The fourth-order valence-electron chi connectivity index (χ4n) is 3.18. The van der Waals surface area contributed by atoms with E-state index in [-0.39, 0.29) is 17.1 Å². The number of benzene rings is 2. The maximum Gasteiger partial charge on any atom is 0.338 e. The van der Waals surface area contributed by atoms with Crippen molar-refractivity contribution in [3.63, 3.8) is 0 Å². The average molecular weight is 455 g/mol. The standard InChI is InChI=1S/C23H22N2O6S/c26-23(18-7-9-21(10-8-18)32(27,28)25-12-14-29-15-13-25)30-17-19-4-1-2-6-22(19)31-20-5-3-11-24-16-20/h1-11,16H,12-15,17H2. The normalized spacial score (nSPS) is 14.6. The van der Waals surface area contributed by atoms with Crippen LogP contribution in [0.2, 0.25) is 0 Å². The Morgan fingerprint density at radius 3 is 2.47 bits per heavy atom. The number of esters is 1. The van der Waals surface area contributed by atoms with Crippen molar-refractivity contribution in [2.75, 3.05) is 26.3 Å². The minimum absolute atomic E-state index is 0.00307. The van der Waals surface area contributed by atoms with Crippen LogP contribution in [0.25, 0.3) is 0 Å². The van der Waals surface area contributed by atoms with Crippen LogP contribution in [0.3, 0.4) is 0 Å². The zero-order valence-electron chi connectivity index (χ0n) is 17.2. The Labute approximate surface area is 186 Å². The second-order valence-electron chi connectivity index (χ2n) is 7.02. The predicted molar refractivity (Wildman–Crippen MR) is 116 cm³/mol. The summed E-state index contributed by atoms with van der Waals surface area (Å²) in [5.41, 5.74) is 0.952. The third-order valence-corrected chi connectivity index (χ3v) is 6.80. The molecule has 4 rings (SSSR count). The molecule has 1 aromatic heterocycles. The fraction of sp³-hybridized carbons (Fsp3) is 0.217. The summed E-state index contributed by atoms with van der Waals surface area (Å²) in [6.07, 6.45) is 3.24. The van der Waals surface area contributed by atoms with Crippen LogP contribution >= 0.6 is 0 Å². The SMILES string of the molecule is O=C(OCc1ccccc1Oc1cccnc1)c1ccc(S(=O)(=O)N2CCOCC2)cc1. The van der Waals surface area contributed by atoms with E-state index in [1.165, 1.54) is 28.6 Å². The van der Waals surface area contributed by atoms with Crippen molar-refractivity contribution in [1.29, 1.82) is 0 Å². The molecule has 0 atom stereocenters. The molecule has 8 nitrogen and oxygen atoms in total. The smallest absolute Gasteiger partial charge is 0.338 e. The third kappa shape index (κ3) is 5.13. The minimum Gasteiger partial charge on any atom is -0.457 e. The van der Waals surface area contributed by atoms with Gasteiger partial charge in [-0.25, -0.2) is 13.2 Å². The Balaban J connectivity index is 1.41. The molecule has 0 aliphatic carbocycles. The van der Waals surface area contributed by atoms with Gasteiger partial charge in [0, 0.05) is 24.8 Å². The van der Waals surface area contributed by atoms with Gasteiger partial charge in [-0.2, -0.15) is 4.31 Å². The van der Waals surface area contributed by atoms with Gasteiger partial charge < -0.3 is 14.2 Å². The molecule has 0 amide bonds. The number of sulfonamides is 1. The topological polar surface area (TPSA) is 95.0 Å². The summed E-state index contributed by atoms with van der Waals surface area (Å²) in [4.78, 5) is 16.6. The summed E-state index contributed by atoms with van der Waals surface area (Å²) < 4.78 is 43.2. The zero-order chi connectivity index (χ0) is 22.4. The van der Waals surface area contributed by atoms with Crippen LogP contribution in [0.5, 0.6) is 11.5 Å². The van der Waals surface area contributed by atoms with Crippen LogP contribution in [-0.4, -0.2) is 50.0 Å². The van der Waals surface area contributed by atoms with Crippen LogP contribution in [-0.2, 0) is 26.1 Å². The molecule has 166 valence electrons. The molecular weight excluding hydrogens is 432 g/mol.